The zero-order chi connectivity index (χ0) is 18.0. The highest BCUT2D eigenvalue weighted by atomic mass is 16.6. The number of nitrogens with zero attached hydrogens (tertiary/aromatic N) is 2. The first kappa shape index (κ1) is 16.8. The lowest BCUT2D eigenvalue weighted by molar-refractivity contribution is -0.384. The molecule has 1 aliphatic rings. The topological polar surface area (TPSA) is 102 Å². The van der Waals surface area contributed by atoms with E-state index in [4.69, 9.17) is 5.73 Å². The number of anilines is 2. The van der Waals surface area contributed by atoms with E-state index in [0.717, 1.165) is 36.4 Å². The maximum atomic E-state index is 11.6. The van der Waals surface area contributed by atoms with Crippen molar-refractivity contribution < 1.29 is 9.72 Å². The van der Waals surface area contributed by atoms with E-state index in [1.807, 2.05) is 19.1 Å². The second-order valence-corrected chi connectivity index (χ2v) is 6.21. The van der Waals surface area contributed by atoms with E-state index in [9.17, 15) is 14.9 Å². The summed E-state index contributed by atoms with van der Waals surface area (Å²) >= 11 is 0. The number of rotatable bonds is 5. The quantitative estimate of drug-likeness (QED) is 0.643. The molecule has 3 rings (SSSR count). The molecule has 1 atom stereocenters. The van der Waals surface area contributed by atoms with Crippen molar-refractivity contribution in [2.45, 2.75) is 19.4 Å². The summed E-state index contributed by atoms with van der Waals surface area (Å²) in [4.78, 5) is 24.2. The number of aryl methyl sites for hydroxylation is 1. The van der Waals surface area contributed by atoms with Gasteiger partial charge in [0.1, 0.15) is 0 Å². The molecule has 0 radical (unpaired) electrons. The first-order valence-electron chi connectivity index (χ1n) is 8.11. The van der Waals surface area contributed by atoms with Gasteiger partial charge < -0.3 is 16.0 Å². The van der Waals surface area contributed by atoms with Crippen LogP contribution >= 0.6 is 0 Å². The highest BCUT2D eigenvalue weighted by Crippen LogP contribution is 2.27. The van der Waals surface area contributed by atoms with E-state index >= 15 is 0 Å². The van der Waals surface area contributed by atoms with E-state index < -0.39 is 10.8 Å². The fourth-order valence-electron chi connectivity index (χ4n) is 3.20. The SMILES string of the molecule is Cc1cc([N+](=O)[O-])ccc1N[C@H]1CCN(c2ccccc2C(N)=O)C1. The molecular weight excluding hydrogens is 320 g/mol. The molecule has 3 N–H and O–H groups in total. The zero-order valence-electron chi connectivity index (χ0n) is 13.9. The van der Waals surface area contributed by atoms with Crippen molar-refractivity contribution in [3.63, 3.8) is 0 Å². The lowest BCUT2D eigenvalue weighted by atomic mass is 10.1. The molecule has 7 heteroatoms. The lowest BCUT2D eigenvalue weighted by Gasteiger charge is -2.22. The molecule has 7 nitrogen and oxygen atoms in total. The van der Waals surface area contributed by atoms with Crippen molar-refractivity contribution in [3.05, 3.63) is 63.7 Å². The van der Waals surface area contributed by atoms with Gasteiger partial charge in [0.25, 0.3) is 11.6 Å². The predicted molar refractivity (Wildman–Crippen MR) is 97.0 cm³/mol. The number of nitro benzene ring substituents is 1. The average Bonchev–Trinajstić information content (AvgIpc) is 3.05. The van der Waals surface area contributed by atoms with Crippen LogP contribution in [0.5, 0.6) is 0 Å². The molecule has 0 aromatic heterocycles. The molecule has 0 aliphatic carbocycles. The molecule has 1 amide bonds. The Bertz CT molecular complexity index is 822. The van der Waals surface area contributed by atoms with Crippen LogP contribution in [-0.4, -0.2) is 30.0 Å². The van der Waals surface area contributed by atoms with Crippen LogP contribution in [0.2, 0.25) is 0 Å². The number of nitrogens with two attached hydrogens (primary N) is 1. The number of nitro groups is 1. The Hall–Kier alpha value is -3.09. The monoisotopic (exact) mass is 340 g/mol. The van der Waals surface area contributed by atoms with Gasteiger partial charge >= 0.3 is 0 Å². The summed E-state index contributed by atoms with van der Waals surface area (Å²) in [5.41, 5.74) is 8.65. The smallest absolute Gasteiger partial charge is 0.269 e. The van der Waals surface area contributed by atoms with Crippen molar-refractivity contribution in [1.29, 1.82) is 0 Å². The van der Waals surface area contributed by atoms with Crippen LogP contribution in [0.15, 0.2) is 42.5 Å². The number of carbonyl (C=O) groups is 1. The van der Waals surface area contributed by atoms with Gasteiger partial charge in [0.15, 0.2) is 0 Å². The summed E-state index contributed by atoms with van der Waals surface area (Å²) in [6.45, 7) is 3.40. The van der Waals surface area contributed by atoms with Crippen molar-refractivity contribution >= 4 is 23.0 Å². The minimum Gasteiger partial charge on any atom is -0.380 e. The number of benzene rings is 2. The Morgan fingerprint density at radius 3 is 2.76 bits per heavy atom. The molecule has 130 valence electrons. The van der Waals surface area contributed by atoms with Gasteiger partial charge in [0.05, 0.1) is 10.5 Å². The van der Waals surface area contributed by atoms with Gasteiger partial charge in [-0.15, -0.1) is 0 Å². The van der Waals surface area contributed by atoms with Crippen molar-refractivity contribution in [2.24, 2.45) is 5.73 Å². The summed E-state index contributed by atoms with van der Waals surface area (Å²) in [5, 5.41) is 14.3. The number of primary amides is 1. The van der Waals surface area contributed by atoms with Gasteiger partial charge in [-0.05, 0) is 37.1 Å². The first-order chi connectivity index (χ1) is 12.0. The van der Waals surface area contributed by atoms with E-state index in [0.29, 0.717) is 5.56 Å². The molecule has 0 saturated carbocycles. The van der Waals surface area contributed by atoms with E-state index in [2.05, 4.69) is 10.2 Å². The summed E-state index contributed by atoms with van der Waals surface area (Å²) < 4.78 is 0. The maximum absolute atomic E-state index is 11.6. The Morgan fingerprint density at radius 1 is 1.32 bits per heavy atom. The number of hydrogen-bond donors (Lipinski definition) is 2. The van der Waals surface area contributed by atoms with Crippen LogP contribution in [0, 0.1) is 17.0 Å². The molecule has 1 saturated heterocycles. The number of para-hydroxylation sites is 1. The lowest BCUT2D eigenvalue weighted by Crippen LogP contribution is -2.28. The van der Waals surface area contributed by atoms with Gasteiger partial charge in [-0.3, -0.25) is 14.9 Å². The molecule has 25 heavy (non-hydrogen) atoms. The summed E-state index contributed by atoms with van der Waals surface area (Å²) in [5.74, 6) is -0.432. The fourth-order valence-corrected chi connectivity index (χ4v) is 3.20. The molecule has 2 aromatic rings. The van der Waals surface area contributed by atoms with Crippen LogP contribution in [0.25, 0.3) is 0 Å². The fraction of sp³-hybridized carbons (Fsp3) is 0.278. The van der Waals surface area contributed by atoms with Crippen molar-refractivity contribution in [3.8, 4) is 0 Å². The Balaban J connectivity index is 1.72. The molecule has 0 spiro atoms. The minimum absolute atomic E-state index is 0.0893. The highest BCUT2D eigenvalue weighted by molar-refractivity contribution is 5.98. The Morgan fingerprint density at radius 2 is 2.08 bits per heavy atom. The van der Waals surface area contributed by atoms with Crippen molar-refractivity contribution in [2.75, 3.05) is 23.3 Å². The van der Waals surface area contributed by atoms with Crippen molar-refractivity contribution in [1.82, 2.24) is 0 Å². The molecule has 1 fully saturated rings. The number of carbonyl (C=O) groups excluding carboxylic acids is 1. The summed E-state index contributed by atoms with van der Waals surface area (Å²) in [6, 6.07) is 12.3. The highest BCUT2D eigenvalue weighted by Gasteiger charge is 2.25. The molecule has 1 aliphatic heterocycles. The van der Waals surface area contributed by atoms with Crippen LogP contribution in [0.1, 0.15) is 22.3 Å². The molecule has 1 heterocycles. The molecular formula is C18H20N4O3. The maximum Gasteiger partial charge on any atom is 0.269 e. The normalized spacial score (nSPS) is 16.7. The Kier molecular flexibility index (Phi) is 4.56. The van der Waals surface area contributed by atoms with Gasteiger partial charge in [-0.2, -0.15) is 0 Å². The van der Waals surface area contributed by atoms with E-state index in [-0.39, 0.29) is 11.7 Å². The molecule has 0 unspecified atom stereocenters. The van der Waals surface area contributed by atoms with Gasteiger partial charge in [0, 0.05) is 42.6 Å². The summed E-state index contributed by atoms with van der Waals surface area (Å²) in [7, 11) is 0. The second kappa shape index (κ2) is 6.80. The predicted octanol–water partition coefficient (Wildman–Crippen LogP) is 2.69. The third kappa shape index (κ3) is 3.55. The van der Waals surface area contributed by atoms with E-state index in [1.54, 1.807) is 24.3 Å². The van der Waals surface area contributed by atoms with Gasteiger partial charge in [-0.1, -0.05) is 12.1 Å². The Labute approximate surface area is 145 Å². The number of amides is 1. The molecule has 0 bridgehead atoms. The third-order valence-corrected chi connectivity index (χ3v) is 4.48. The third-order valence-electron chi connectivity index (χ3n) is 4.48. The largest absolute Gasteiger partial charge is 0.380 e. The van der Waals surface area contributed by atoms with Crippen LogP contribution in [0.4, 0.5) is 17.1 Å². The first-order valence-corrected chi connectivity index (χ1v) is 8.11. The van der Waals surface area contributed by atoms with Crippen LogP contribution in [0.3, 0.4) is 0 Å². The number of nitrogens with one attached hydrogen (secondary N) is 1. The molecule has 2 aromatic carbocycles. The van der Waals surface area contributed by atoms with Gasteiger partial charge in [-0.25, -0.2) is 0 Å². The summed E-state index contributed by atoms with van der Waals surface area (Å²) in [6.07, 6.45) is 0.906. The number of hydrogen-bond acceptors (Lipinski definition) is 5. The van der Waals surface area contributed by atoms with Crippen LogP contribution in [-0.2, 0) is 0 Å². The standard InChI is InChI=1S/C18H20N4O3/c1-12-10-14(22(24)25)6-7-16(12)20-13-8-9-21(11-13)17-5-3-2-4-15(17)18(19)23/h2-7,10,13,20H,8-9,11H2,1H3,(H2,19,23)/t13-/m0/s1. The zero-order valence-corrected chi connectivity index (χ0v) is 13.9. The average molecular weight is 340 g/mol. The minimum atomic E-state index is -0.432. The van der Waals surface area contributed by atoms with Gasteiger partial charge in [0.2, 0.25) is 0 Å². The second-order valence-electron chi connectivity index (χ2n) is 6.21. The van der Waals surface area contributed by atoms with E-state index in [1.165, 1.54) is 6.07 Å². The van der Waals surface area contributed by atoms with Crippen LogP contribution < -0.4 is 16.0 Å². The number of non-ortho nitro benzene ring substituents is 1.